The summed E-state index contributed by atoms with van der Waals surface area (Å²) in [5, 5.41) is 0. The van der Waals surface area contributed by atoms with Gasteiger partial charge in [0.25, 0.3) is 0 Å². The molecule has 1 aromatic carbocycles. The van der Waals surface area contributed by atoms with Crippen LogP contribution < -0.4 is 4.90 Å². The molecule has 1 aliphatic heterocycles. The van der Waals surface area contributed by atoms with Gasteiger partial charge < -0.3 is 4.90 Å². The van der Waals surface area contributed by atoms with Crippen molar-refractivity contribution in [2.75, 3.05) is 11.4 Å². The predicted molar refractivity (Wildman–Crippen MR) is 73.6 cm³/mol. The Morgan fingerprint density at radius 3 is 2.80 bits per heavy atom. The topological polar surface area (TPSA) is 20.3 Å². The van der Waals surface area contributed by atoms with E-state index in [9.17, 15) is 4.79 Å². The van der Waals surface area contributed by atoms with Gasteiger partial charge in [-0.05, 0) is 47.2 Å². The lowest BCUT2D eigenvalue weighted by Gasteiger charge is -2.17. The van der Waals surface area contributed by atoms with E-state index in [2.05, 4.69) is 51.5 Å². The Morgan fingerprint density at radius 1 is 1.53 bits per heavy atom. The maximum absolute atomic E-state index is 11.7. The van der Waals surface area contributed by atoms with Crippen LogP contribution in [0.2, 0.25) is 0 Å². The highest BCUT2D eigenvalue weighted by molar-refractivity contribution is 14.1. The summed E-state index contributed by atoms with van der Waals surface area (Å²) in [7, 11) is 0. The third-order valence-electron chi connectivity index (χ3n) is 2.47. The second kappa shape index (κ2) is 4.41. The van der Waals surface area contributed by atoms with Gasteiger partial charge in [0.1, 0.15) is 0 Å². The van der Waals surface area contributed by atoms with Crippen LogP contribution in [0.4, 0.5) is 5.69 Å². The number of rotatable bonds is 1. The lowest BCUT2D eigenvalue weighted by Crippen LogP contribution is -2.25. The smallest absolute Gasteiger partial charge is 0.228 e. The van der Waals surface area contributed by atoms with Crippen molar-refractivity contribution in [3.05, 3.63) is 27.3 Å². The zero-order chi connectivity index (χ0) is 11.0. The summed E-state index contributed by atoms with van der Waals surface area (Å²) in [6.45, 7) is 2.84. The zero-order valence-corrected chi connectivity index (χ0v) is 12.1. The van der Waals surface area contributed by atoms with E-state index in [1.165, 1.54) is 5.56 Å². The molecule has 2 nitrogen and oxygen atoms in total. The lowest BCUT2D eigenvalue weighted by atomic mass is 10.2. The van der Waals surface area contributed by atoms with Crippen molar-refractivity contribution < 1.29 is 4.79 Å². The Labute approximate surface area is 111 Å². The summed E-state index contributed by atoms with van der Waals surface area (Å²) in [6, 6.07) is 6.18. The molecule has 0 N–H and O–H groups in total. The maximum atomic E-state index is 11.7. The summed E-state index contributed by atoms with van der Waals surface area (Å²) in [4.78, 5) is 13.9. The molecule has 1 aromatic rings. The van der Waals surface area contributed by atoms with Gasteiger partial charge in [0.2, 0.25) is 5.91 Å². The Kier molecular flexibility index (Phi) is 3.35. The van der Waals surface area contributed by atoms with Gasteiger partial charge in [0.05, 0.1) is 5.69 Å². The highest BCUT2D eigenvalue weighted by Crippen LogP contribution is 2.29. The highest BCUT2D eigenvalue weighted by atomic mass is 127. The third kappa shape index (κ3) is 2.36. The van der Waals surface area contributed by atoms with Gasteiger partial charge in [-0.15, -0.1) is 0 Å². The normalized spacial score (nSPS) is 21.1. The van der Waals surface area contributed by atoms with Crippen LogP contribution in [-0.4, -0.2) is 17.3 Å². The van der Waals surface area contributed by atoms with E-state index in [0.717, 1.165) is 15.8 Å². The summed E-state index contributed by atoms with van der Waals surface area (Å²) >= 11 is 5.77. The van der Waals surface area contributed by atoms with E-state index in [4.69, 9.17) is 0 Å². The van der Waals surface area contributed by atoms with Gasteiger partial charge in [0.15, 0.2) is 0 Å². The van der Waals surface area contributed by atoms with E-state index in [-0.39, 0.29) is 5.91 Å². The van der Waals surface area contributed by atoms with Crippen LogP contribution in [0.3, 0.4) is 0 Å². The number of hydrogen-bond acceptors (Lipinski definition) is 1. The molecule has 2 rings (SSSR count). The predicted octanol–water partition coefficient (Wildman–Crippen LogP) is 3.10. The van der Waals surface area contributed by atoms with E-state index in [0.29, 0.717) is 11.2 Å². The summed E-state index contributed by atoms with van der Waals surface area (Å²) in [5.74, 6) is 0.207. The van der Waals surface area contributed by atoms with Gasteiger partial charge in [-0.2, -0.15) is 0 Å². The largest absolute Gasteiger partial charge is 0.310 e. The van der Waals surface area contributed by atoms with Crippen LogP contribution in [0.1, 0.15) is 12.0 Å². The molecule has 1 unspecified atom stereocenters. The maximum Gasteiger partial charge on any atom is 0.228 e. The fourth-order valence-corrected chi connectivity index (χ4v) is 3.26. The molecule has 4 heteroatoms. The number of halogens is 2. The van der Waals surface area contributed by atoms with Crippen molar-refractivity contribution in [2.24, 2.45) is 0 Å². The van der Waals surface area contributed by atoms with Gasteiger partial charge in [0, 0.05) is 21.4 Å². The molecule has 1 amide bonds. The van der Waals surface area contributed by atoms with Crippen molar-refractivity contribution in [2.45, 2.75) is 18.2 Å². The summed E-state index contributed by atoms with van der Waals surface area (Å²) < 4.78 is 1.14. The highest BCUT2D eigenvalue weighted by Gasteiger charge is 2.29. The van der Waals surface area contributed by atoms with Crippen LogP contribution in [0.15, 0.2) is 18.2 Å². The molecule has 1 aliphatic rings. The first-order chi connectivity index (χ1) is 7.08. The summed E-state index contributed by atoms with van der Waals surface area (Å²) in [6.07, 6.45) is 0.601. The number of nitrogens with zero attached hydrogens (tertiary/aromatic N) is 1. The fourth-order valence-electron chi connectivity index (χ4n) is 1.73. The lowest BCUT2D eigenvalue weighted by molar-refractivity contribution is -0.117. The molecule has 0 bridgehead atoms. The number of carbonyl (C=O) groups excluding carboxylic acids is 1. The SMILES string of the molecule is Cc1ccc(N2CC(Br)CC2=O)c(I)c1. The second-order valence-corrected chi connectivity index (χ2v) is 6.22. The Morgan fingerprint density at radius 2 is 2.27 bits per heavy atom. The molecule has 0 spiro atoms. The number of hydrogen-bond donors (Lipinski definition) is 0. The second-order valence-electron chi connectivity index (χ2n) is 3.76. The van der Waals surface area contributed by atoms with Crippen molar-refractivity contribution >= 4 is 50.1 Å². The van der Waals surface area contributed by atoms with Gasteiger partial charge in [-0.1, -0.05) is 22.0 Å². The minimum absolute atomic E-state index is 0.207. The molecule has 15 heavy (non-hydrogen) atoms. The average Bonchev–Trinajstić information content (AvgIpc) is 2.45. The Bertz CT molecular complexity index is 408. The standard InChI is InChI=1S/C11H11BrINO/c1-7-2-3-10(9(13)4-7)14-6-8(12)5-11(14)15/h2-4,8H,5-6H2,1H3. The Balaban J connectivity index is 2.34. The number of anilines is 1. The van der Waals surface area contributed by atoms with Crippen LogP contribution in [0.25, 0.3) is 0 Å². The minimum atomic E-state index is 0.207. The number of alkyl halides is 1. The molecule has 0 aromatic heterocycles. The number of aryl methyl sites for hydroxylation is 1. The van der Waals surface area contributed by atoms with E-state index in [1.54, 1.807) is 0 Å². The van der Waals surface area contributed by atoms with Gasteiger partial charge in [-0.25, -0.2) is 0 Å². The monoisotopic (exact) mass is 379 g/mol. The molecule has 1 fully saturated rings. The molecule has 0 aliphatic carbocycles. The van der Waals surface area contributed by atoms with Crippen LogP contribution in [0.5, 0.6) is 0 Å². The first kappa shape index (κ1) is 11.4. The van der Waals surface area contributed by atoms with Crippen molar-refractivity contribution in [3.8, 4) is 0 Å². The van der Waals surface area contributed by atoms with E-state index >= 15 is 0 Å². The molecule has 1 heterocycles. The Hall–Kier alpha value is -0.100. The first-order valence-electron chi connectivity index (χ1n) is 4.78. The van der Waals surface area contributed by atoms with E-state index < -0.39 is 0 Å². The average molecular weight is 380 g/mol. The van der Waals surface area contributed by atoms with Crippen molar-refractivity contribution in [1.82, 2.24) is 0 Å². The van der Waals surface area contributed by atoms with Crippen LogP contribution in [-0.2, 0) is 4.79 Å². The molecule has 0 saturated carbocycles. The van der Waals surface area contributed by atoms with Gasteiger partial charge in [-0.3, -0.25) is 4.79 Å². The minimum Gasteiger partial charge on any atom is -0.310 e. The number of benzene rings is 1. The molecule has 1 atom stereocenters. The number of carbonyl (C=O) groups is 1. The van der Waals surface area contributed by atoms with Crippen molar-refractivity contribution in [1.29, 1.82) is 0 Å². The van der Waals surface area contributed by atoms with Crippen LogP contribution >= 0.6 is 38.5 Å². The zero-order valence-electron chi connectivity index (χ0n) is 8.34. The van der Waals surface area contributed by atoms with Crippen LogP contribution in [0, 0.1) is 10.5 Å². The number of amides is 1. The summed E-state index contributed by atoms with van der Waals surface area (Å²) in [5.41, 5.74) is 2.26. The fraction of sp³-hybridized carbons (Fsp3) is 0.364. The third-order valence-corrected chi connectivity index (χ3v) is 3.95. The molecular weight excluding hydrogens is 369 g/mol. The molecule has 80 valence electrons. The first-order valence-corrected chi connectivity index (χ1v) is 6.78. The quantitative estimate of drug-likeness (QED) is 0.542. The van der Waals surface area contributed by atoms with Gasteiger partial charge >= 0.3 is 0 Å². The van der Waals surface area contributed by atoms with Crippen molar-refractivity contribution in [3.63, 3.8) is 0 Å². The molecule has 0 radical (unpaired) electrons. The molecular formula is C11H11BrINO. The molecule has 1 saturated heterocycles. The van der Waals surface area contributed by atoms with E-state index in [1.807, 2.05) is 17.0 Å².